The topological polar surface area (TPSA) is 42.5 Å². The summed E-state index contributed by atoms with van der Waals surface area (Å²) in [6.07, 6.45) is 9.24. The number of aryl methyl sites for hydroxylation is 3. The molecule has 0 amide bonds. The Bertz CT molecular complexity index is 1190. The predicted molar refractivity (Wildman–Crippen MR) is 178 cm³/mol. The van der Waals surface area contributed by atoms with Crippen LogP contribution in [-0.4, -0.2) is 47.6 Å². The van der Waals surface area contributed by atoms with Crippen LogP contribution >= 0.6 is 0 Å². The first kappa shape index (κ1) is 34.1. The predicted octanol–water partition coefficient (Wildman–Crippen LogP) is 8.57. The number of piperidine rings is 2. The molecule has 43 heavy (non-hydrogen) atoms. The van der Waals surface area contributed by atoms with Crippen molar-refractivity contribution in [3.05, 3.63) is 58.9 Å². The first-order chi connectivity index (χ1) is 20.1. The molecule has 0 radical (unpaired) electrons. The minimum Gasteiger partial charge on any atom is -0.378 e. The monoisotopic (exact) mass is 594 g/mol. The van der Waals surface area contributed by atoms with E-state index in [9.17, 15) is 0 Å². The van der Waals surface area contributed by atoms with Crippen molar-refractivity contribution in [2.45, 2.75) is 154 Å². The minimum absolute atomic E-state index is 0.0806. The van der Waals surface area contributed by atoms with E-state index in [0.29, 0.717) is 18.3 Å². The highest BCUT2D eigenvalue weighted by Gasteiger charge is 2.39. The van der Waals surface area contributed by atoms with Gasteiger partial charge in [0.2, 0.25) is 0 Å². The fourth-order valence-corrected chi connectivity index (χ4v) is 8.04. The molecule has 5 heteroatoms. The second-order valence-electron chi connectivity index (χ2n) is 16.0. The molecular formula is C38H59FN2O2. The summed E-state index contributed by atoms with van der Waals surface area (Å²) >= 11 is 0. The molecule has 4 rings (SSSR count). The Morgan fingerprint density at radius 1 is 0.651 bits per heavy atom. The Morgan fingerprint density at radius 3 is 1.49 bits per heavy atom. The summed E-state index contributed by atoms with van der Waals surface area (Å²) < 4.78 is 28.0. The first-order valence-electron chi connectivity index (χ1n) is 16.8. The SMILES string of the molecule is CCc1cc(CCCOC2CC(C)(C)NC(C)(C)C2)ccc1-c1ccc(CCCOC2CC(C)(C)NC(C)(C)C2)cc1F. The number of nitrogens with one attached hydrogen (secondary N) is 2. The highest BCUT2D eigenvalue weighted by atomic mass is 19.1. The Hall–Kier alpha value is -1.79. The molecule has 0 bridgehead atoms. The average Bonchev–Trinajstić information content (AvgIpc) is 2.86. The molecule has 0 aromatic heterocycles. The third kappa shape index (κ3) is 10.1. The van der Waals surface area contributed by atoms with Gasteiger partial charge < -0.3 is 20.1 Å². The van der Waals surface area contributed by atoms with E-state index in [1.165, 1.54) is 11.1 Å². The van der Waals surface area contributed by atoms with Crippen LogP contribution in [0, 0.1) is 5.82 Å². The summed E-state index contributed by atoms with van der Waals surface area (Å²) in [6.45, 7) is 21.7. The van der Waals surface area contributed by atoms with Gasteiger partial charge in [-0.1, -0.05) is 37.3 Å². The van der Waals surface area contributed by atoms with Crippen molar-refractivity contribution >= 4 is 0 Å². The van der Waals surface area contributed by atoms with Gasteiger partial charge in [0.15, 0.2) is 0 Å². The summed E-state index contributed by atoms with van der Waals surface area (Å²) in [7, 11) is 0. The van der Waals surface area contributed by atoms with Gasteiger partial charge in [0.1, 0.15) is 5.82 Å². The normalized spacial score (nSPS) is 21.6. The van der Waals surface area contributed by atoms with Crippen LogP contribution in [0.3, 0.4) is 0 Å². The molecular weight excluding hydrogens is 535 g/mol. The summed E-state index contributed by atoms with van der Waals surface area (Å²) in [5.41, 5.74) is 5.60. The van der Waals surface area contributed by atoms with E-state index in [0.717, 1.165) is 75.5 Å². The average molecular weight is 595 g/mol. The lowest BCUT2D eigenvalue weighted by atomic mass is 9.81. The van der Waals surface area contributed by atoms with Crippen LogP contribution in [0.2, 0.25) is 0 Å². The Morgan fingerprint density at radius 2 is 1.07 bits per heavy atom. The summed E-state index contributed by atoms with van der Waals surface area (Å²) in [5, 5.41) is 7.44. The molecule has 2 saturated heterocycles. The second-order valence-corrected chi connectivity index (χ2v) is 16.0. The van der Waals surface area contributed by atoms with Gasteiger partial charge in [0, 0.05) is 40.9 Å². The van der Waals surface area contributed by atoms with Crippen LogP contribution in [-0.2, 0) is 28.7 Å². The maximum absolute atomic E-state index is 15.4. The zero-order valence-electron chi connectivity index (χ0n) is 28.6. The van der Waals surface area contributed by atoms with Gasteiger partial charge >= 0.3 is 0 Å². The molecule has 0 aliphatic carbocycles. The Labute approximate surface area is 261 Å². The molecule has 2 aliphatic heterocycles. The molecule has 0 spiro atoms. The lowest BCUT2D eigenvalue weighted by Crippen LogP contribution is -2.59. The van der Waals surface area contributed by atoms with Crippen LogP contribution in [0.25, 0.3) is 11.1 Å². The minimum atomic E-state index is -0.135. The number of rotatable bonds is 12. The number of halogens is 1. The fourth-order valence-electron chi connectivity index (χ4n) is 8.04. The maximum atomic E-state index is 15.4. The standard InChI is InChI=1S/C38H59FN2O2/c1-10-29-21-27(13-11-19-42-30-23-35(2,3)40-36(4,5)24-30)15-17-32(29)33-18-16-28(22-34(33)39)14-12-20-43-31-25-37(6,7)41-38(8,9)26-31/h15-18,21-22,30-31,40-41H,10-14,19-20,23-26H2,1-9H3. The molecule has 240 valence electrons. The van der Waals surface area contributed by atoms with Crippen LogP contribution in [0.15, 0.2) is 36.4 Å². The smallest absolute Gasteiger partial charge is 0.131 e. The van der Waals surface area contributed by atoms with Gasteiger partial charge in [-0.2, -0.15) is 0 Å². The number of ether oxygens (including phenoxy) is 2. The number of hydrogen-bond donors (Lipinski definition) is 2. The van der Waals surface area contributed by atoms with Gasteiger partial charge in [-0.3, -0.25) is 0 Å². The highest BCUT2D eigenvalue weighted by molar-refractivity contribution is 5.69. The second kappa shape index (κ2) is 13.7. The third-order valence-electron chi connectivity index (χ3n) is 9.11. The van der Waals surface area contributed by atoms with Gasteiger partial charge in [0.05, 0.1) is 12.2 Å². The van der Waals surface area contributed by atoms with Crippen molar-refractivity contribution in [2.75, 3.05) is 13.2 Å². The molecule has 2 aromatic carbocycles. The molecule has 4 nitrogen and oxygen atoms in total. The van der Waals surface area contributed by atoms with Crippen LogP contribution in [0.5, 0.6) is 0 Å². The largest absolute Gasteiger partial charge is 0.378 e. The van der Waals surface area contributed by atoms with E-state index in [2.05, 4.69) is 97.2 Å². The van der Waals surface area contributed by atoms with Crippen molar-refractivity contribution in [2.24, 2.45) is 0 Å². The lowest BCUT2D eigenvalue weighted by molar-refractivity contribution is -0.0227. The Balaban J connectivity index is 1.27. The van der Waals surface area contributed by atoms with Crippen LogP contribution in [0.1, 0.15) is 118 Å². The summed E-state index contributed by atoms with van der Waals surface area (Å²) in [4.78, 5) is 0. The first-order valence-corrected chi connectivity index (χ1v) is 16.8. The van der Waals surface area contributed by atoms with Crippen molar-refractivity contribution in [3.63, 3.8) is 0 Å². The molecule has 0 atom stereocenters. The van der Waals surface area contributed by atoms with Crippen molar-refractivity contribution < 1.29 is 13.9 Å². The van der Waals surface area contributed by atoms with E-state index >= 15 is 4.39 Å². The van der Waals surface area contributed by atoms with Gasteiger partial charge in [0.25, 0.3) is 0 Å². The number of hydrogen-bond acceptors (Lipinski definition) is 4. The van der Waals surface area contributed by atoms with E-state index < -0.39 is 0 Å². The molecule has 2 heterocycles. The lowest BCUT2D eigenvalue weighted by Gasteiger charge is -2.46. The quantitative estimate of drug-likeness (QED) is 0.242. The van der Waals surface area contributed by atoms with Gasteiger partial charge in [-0.25, -0.2) is 4.39 Å². The van der Waals surface area contributed by atoms with E-state index in [1.807, 2.05) is 6.07 Å². The van der Waals surface area contributed by atoms with Gasteiger partial charge in [-0.05, 0) is 141 Å². The third-order valence-corrected chi connectivity index (χ3v) is 9.11. The zero-order valence-corrected chi connectivity index (χ0v) is 28.6. The maximum Gasteiger partial charge on any atom is 0.131 e. The van der Waals surface area contributed by atoms with Gasteiger partial charge in [-0.15, -0.1) is 0 Å². The summed E-state index contributed by atoms with van der Waals surface area (Å²) in [6, 6.07) is 12.3. The van der Waals surface area contributed by atoms with Crippen molar-refractivity contribution in [1.29, 1.82) is 0 Å². The number of benzene rings is 2. The van der Waals surface area contributed by atoms with Crippen molar-refractivity contribution in [3.8, 4) is 11.1 Å². The Kier molecular flexibility index (Phi) is 10.8. The fraction of sp³-hybridized carbons (Fsp3) is 0.684. The molecule has 2 N–H and O–H groups in total. The molecule has 0 unspecified atom stereocenters. The van der Waals surface area contributed by atoms with E-state index in [-0.39, 0.29) is 34.1 Å². The molecule has 2 aliphatic rings. The van der Waals surface area contributed by atoms with Crippen LogP contribution in [0.4, 0.5) is 4.39 Å². The van der Waals surface area contributed by atoms with Crippen molar-refractivity contribution in [1.82, 2.24) is 10.6 Å². The van der Waals surface area contributed by atoms with E-state index in [4.69, 9.17) is 9.47 Å². The zero-order chi connectivity index (χ0) is 31.5. The molecule has 0 saturated carbocycles. The van der Waals surface area contributed by atoms with Crippen LogP contribution < -0.4 is 10.6 Å². The molecule has 2 fully saturated rings. The molecule has 2 aromatic rings. The highest BCUT2D eigenvalue weighted by Crippen LogP contribution is 2.33. The van der Waals surface area contributed by atoms with E-state index in [1.54, 1.807) is 6.07 Å². The summed E-state index contributed by atoms with van der Waals surface area (Å²) in [5.74, 6) is -0.135.